The molecule has 0 N–H and O–H groups in total. The van der Waals surface area contributed by atoms with Crippen molar-refractivity contribution in [3.05, 3.63) is 34.7 Å². The summed E-state index contributed by atoms with van der Waals surface area (Å²) < 4.78 is 5.15. The van der Waals surface area contributed by atoms with Crippen molar-refractivity contribution in [2.45, 2.75) is 12.8 Å². The van der Waals surface area contributed by atoms with Crippen LogP contribution in [0.3, 0.4) is 0 Å². The number of halogens is 1. The van der Waals surface area contributed by atoms with Crippen LogP contribution in [0.5, 0.6) is 0 Å². The van der Waals surface area contributed by atoms with E-state index < -0.39 is 0 Å². The highest BCUT2D eigenvalue weighted by Crippen LogP contribution is 2.22. The molecule has 15 heavy (non-hydrogen) atoms. The van der Waals surface area contributed by atoms with Gasteiger partial charge in [-0.1, -0.05) is 17.7 Å². The molecule has 1 rings (SSSR count). The maximum absolute atomic E-state index is 6.00. The van der Waals surface area contributed by atoms with Crippen LogP contribution < -0.4 is 0 Å². The van der Waals surface area contributed by atoms with Gasteiger partial charge in [-0.3, -0.25) is 4.99 Å². The number of hydrogen-bond donors (Lipinski definition) is 0. The first-order chi connectivity index (χ1) is 7.27. The van der Waals surface area contributed by atoms with Crippen molar-refractivity contribution in [2.24, 2.45) is 9.98 Å². The minimum Gasteiger partial charge on any atom is -0.497 e. The molecular weight excluding hydrogens is 212 g/mol. The van der Waals surface area contributed by atoms with Gasteiger partial charge in [0.05, 0.1) is 7.11 Å². The fraction of sp³-hybridized carbons (Fsp3) is 0.273. The molecule has 3 nitrogen and oxygen atoms in total. The third-order valence-corrected chi connectivity index (χ3v) is 2.27. The molecule has 0 radical (unpaired) electrons. The maximum atomic E-state index is 6.00. The molecule has 0 heterocycles. The Labute approximate surface area is 94.5 Å². The molecule has 0 aromatic heterocycles. The van der Waals surface area contributed by atoms with Crippen molar-refractivity contribution < 1.29 is 4.74 Å². The standard InChI is InChI=1S/C11H13ClN2O/c1-13-8-14-11(12)9-5-3-4-6-10(7-9)15-2/h4,6-8H,1,3,5H2,2H3/b11-9+,14-8-. The zero-order valence-corrected chi connectivity index (χ0v) is 9.37. The van der Waals surface area contributed by atoms with E-state index in [2.05, 4.69) is 16.7 Å². The first kappa shape index (κ1) is 11.7. The molecule has 0 aromatic carbocycles. The molecule has 0 unspecified atom stereocenters. The van der Waals surface area contributed by atoms with Gasteiger partial charge in [0.2, 0.25) is 0 Å². The third-order valence-electron chi connectivity index (χ3n) is 1.93. The second-order valence-corrected chi connectivity index (χ2v) is 3.29. The van der Waals surface area contributed by atoms with Crippen LogP contribution in [-0.2, 0) is 4.74 Å². The van der Waals surface area contributed by atoms with Gasteiger partial charge in [-0.25, -0.2) is 4.99 Å². The van der Waals surface area contributed by atoms with Gasteiger partial charge in [-0.2, -0.15) is 0 Å². The average molecular weight is 225 g/mol. The van der Waals surface area contributed by atoms with Crippen molar-refractivity contribution >= 4 is 24.7 Å². The van der Waals surface area contributed by atoms with E-state index in [0.717, 1.165) is 24.2 Å². The Hall–Kier alpha value is -1.35. The van der Waals surface area contributed by atoms with Gasteiger partial charge >= 0.3 is 0 Å². The van der Waals surface area contributed by atoms with Crippen molar-refractivity contribution in [3.63, 3.8) is 0 Å². The Kier molecular flexibility index (Phi) is 4.84. The van der Waals surface area contributed by atoms with Crippen LogP contribution in [0.4, 0.5) is 0 Å². The average Bonchev–Trinajstić information content (AvgIpc) is 2.50. The summed E-state index contributed by atoms with van der Waals surface area (Å²) in [5.41, 5.74) is 0.943. The number of nitrogens with zero attached hydrogens (tertiary/aromatic N) is 2. The molecule has 1 aliphatic rings. The summed E-state index contributed by atoms with van der Waals surface area (Å²) in [6.07, 6.45) is 8.94. The van der Waals surface area contributed by atoms with E-state index in [1.165, 1.54) is 6.34 Å². The number of allylic oxidation sites excluding steroid dienone is 4. The van der Waals surface area contributed by atoms with Gasteiger partial charge in [0.15, 0.2) is 0 Å². The topological polar surface area (TPSA) is 34.0 Å². The van der Waals surface area contributed by atoms with Gasteiger partial charge in [-0.15, -0.1) is 0 Å². The maximum Gasteiger partial charge on any atom is 0.134 e. The molecule has 0 aromatic rings. The summed E-state index contributed by atoms with van der Waals surface area (Å²) in [5.74, 6) is 0.780. The van der Waals surface area contributed by atoms with Crippen molar-refractivity contribution in [1.82, 2.24) is 0 Å². The molecular formula is C11H13ClN2O. The highest BCUT2D eigenvalue weighted by Gasteiger charge is 2.05. The van der Waals surface area contributed by atoms with E-state index in [9.17, 15) is 0 Å². The molecule has 0 amide bonds. The largest absolute Gasteiger partial charge is 0.497 e. The number of hydrogen-bond acceptors (Lipinski definition) is 2. The van der Waals surface area contributed by atoms with Gasteiger partial charge < -0.3 is 4.74 Å². The molecule has 0 spiro atoms. The second kappa shape index (κ2) is 6.19. The van der Waals surface area contributed by atoms with E-state index in [0.29, 0.717) is 5.16 Å². The zero-order chi connectivity index (χ0) is 11.1. The lowest BCUT2D eigenvalue weighted by Crippen LogP contribution is -1.85. The van der Waals surface area contributed by atoms with Crippen LogP contribution in [0.15, 0.2) is 44.7 Å². The van der Waals surface area contributed by atoms with Crippen LogP contribution in [0, 0.1) is 0 Å². The van der Waals surface area contributed by atoms with Gasteiger partial charge in [-0.05, 0) is 37.3 Å². The molecule has 80 valence electrons. The van der Waals surface area contributed by atoms with Crippen LogP contribution in [0.2, 0.25) is 0 Å². The molecule has 0 saturated heterocycles. The lowest BCUT2D eigenvalue weighted by atomic mass is 10.1. The van der Waals surface area contributed by atoms with Crippen LogP contribution >= 0.6 is 11.6 Å². The van der Waals surface area contributed by atoms with E-state index in [4.69, 9.17) is 16.3 Å². The highest BCUT2D eigenvalue weighted by molar-refractivity contribution is 6.30. The van der Waals surface area contributed by atoms with Crippen molar-refractivity contribution in [1.29, 1.82) is 0 Å². The lowest BCUT2D eigenvalue weighted by molar-refractivity contribution is 0.307. The molecule has 1 aliphatic carbocycles. The summed E-state index contributed by atoms with van der Waals surface area (Å²) in [6, 6.07) is 0. The number of ether oxygens (including phenoxy) is 1. The normalized spacial score (nSPS) is 19.7. The van der Waals surface area contributed by atoms with E-state index >= 15 is 0 Å². The predicted octanol–water partition coefficient (Wildman–Crippen LogP) is 3.05. The van der Waals surface area contributed by atoms with Crippen LogP contribution in [0.25, 0.3) is 0 Å². The molecule has 0 bridgehead atoms. The van der Waals surface area contributed by atoms with Gasteiger partial charge in [0, 0.05) is 0 Å². The smallest absolute Gasteiger partial charge is 0.134 e. The van der Waals surface area contributed by atoms with Crippen LogP contribution in [0.1, 0.15) is 12.8 Å². The van der Waals surface area contributed by atoms with Gasteiger partial charge in [0.1, 0.15) is 17.3 Å². The predicted molar refractivity (Wildman–Crippen MR) is 64.4 cm³/mol. The first-order valence-corrected chi connectivity index (χ1v) is 4.95. The summed E-state index contributed by atoms with van der Waals surface area (Å²) in [4.78, 5) is 7.44. The van der Waals surface area contributed by atoms with Crippen LogP contribution in [-0.4, -0.2) is 20.2 Å². The number of methoxy groups -OCH3 is 1. The minimum atomic E-state index is 0.431. The molecule has 0 fully saturated rings. The third kappa shape index (κ3) is 3.72. The van der Waals surface area contributed by atoms with E-state index in [1.807, 2.05) is 18.2 Å². The monoisotopic (exact) mass is 224 g/mol. The minimum absolute atomic E-state index is 0.431. The fourth-order valence-corrected chi connectivity index (χ4v) is 1.39. The quantitative estimate of drug-likeness (QED) is 0.412. The SMILES string of the molecule is C=N/C=N\C(Cl)=C1\C=C(OC)C=CCC1. The van der Waals surface area contributed by atoms with Crippen molar-refractivity contribution in [2.75, 3.05) is 7.11 Å². The Morgan fingerprint density at radius 1 is 1.67 bits per heavy atom. The number of rotatable bonds is 3. The Bertz CT molecular complexity index is 354. The Morgan fingerprint density at radius 3 is 3.13 bits per heavy atom. The summed E-state index contributed by atoms with van der Waals surface area (Å²) in [7, 11) is 1.63. The zero-order valence-electron chi connectivity index (χ0n) is 8.61. The molecule has 0 atom stereocenters. The molecule has 0 saturated carbocycles. The first-order valence-electron chi connectivity index (χ1n) is 4.57. The molecule has 4 heteroatoms. The second-order valence-electron chi connectivity index (χ2n) is 2.94. The summed E-state index contributed by atoms with van der Waals surface area (Å²) >= 11 is 6.00. The fourth-order valence-electron chi connectivity index (χ4n) is 1.19. The van der Waals surface area contributed by atoms with E-state index in [-0.39, 0.29) is 0 Å². The summed E-state index contributed by atoms with van der Waals surface area (Å²) in [5, 5.41) is 0.431. The Balaban J connectivity index is 2.94. The van der Waals surface area contributed by atoms with E-state index in [1.54, 1.807) is 7.11 Å². The lowest BCUT2D eigenvalue weighted by Gasteiger charge is -2.01. The Morgan fingerprint density at radius 2 is 2.47 bits per heavy atom. The highest BCUT2D eigenvalue weighted by atomic mass is 35.5. The molecule has 0 aliphatic heterocycles. The van der Waals surface area contributed by atoms with Crippen molar-refractivity contribution in [3.8, 4) is 0 Å². The number of aliphatic imine (C=N–C) groups is 2. The summed E-state index contributed by atoms with van der Waals surface area (Å²) in [6.45, 7) is 3.29. The van der Waals surface area contributed by atoms with Gasteiger partial charge in [0.25, 0.3) is 0 Å².